The number of hydrogen-bond acceptors (Lipinski definition) is 4. The number of hydrogen-bond donors (Lipinski definition) is 2. The molecule has 5 aromatic rings. The van der Waals surface area contributed by atoms with Crippen LogP contribution in [0.1, 0.15) is 48.9 Å². The van der Waals surface area contributed by atoms with Gasteiger partial charge in [-0.1, -0.05) is 86.1 Å². The summed E-state index contributed by atoms with van der Waals surface area (Å²) in [5.74, 6) is 13.4. The molecule has 4 heteroatoms. The Balaban J connectivity index is 1.62. The molecule has 0 spiro atoms. The molecular formula is C38H32N2O2. The lowest BCUT2D eigenvalue weighted by Crippen LogP contribution is -2.08. The molecule has 0 radical (unpaired) electrons. The molecule has 4 nitrogen and oxygen atoms in total. The lowest BCUT2D eigenvalue weighted by Gasteiger charge is -2.10. The minimum absolute atomic E-state index is 0.0535. The summed E-state index contributed by atoms with van der Waals surface area (Å²) in [6, 6.07) is 30.4. The highest BCUT2D eigenvalue weighted by molar-refractivity contribution is 6.09. The third kappa shape index (κ3) is 6.35. The molecule has 0 saturated carbocycles. The van der Waals surface area contributed by atoms with Gasteiger partial charge in [-0.25, -0.2) is 0 Å². The average Bonchev–Trinajstić information content (AvgIpc) is 3.31. The topological polar surface area (TPSA) is 58.2 Å². The van der Waals surface area contributed by atoms with E-state index in [1.54, 1.807) is 36.4 Å². The van der Waals surface area contributed by atoms with Gasteiger partial charge >= 0.3 is 0 Å². The Morgan fingerprint density at radius 2 is 0.833 bits per heavy atom. The maximum absolute atomic E-state index is 12.5. The normalized spacial score (nSPS) is 10.3. The second-order valence-electron chi connectivity index (χ2n) is 9.99. The van der Waals surface area contributed by atoms with E-state index in [1.165, 1.54) is 0 Å². The van der Waals surface area contributed by atoms with Gasteiger partial charge in [0.2, 0.25) is 10.9 Å². The second kappa shape index (κ2) is 13.4. The molecule has 0 aliphatic heterocycles. The van der Waals surface area contributed by atoms with E-state index < -0.39 is 0 Å². The summed E-state index contributed by atoms with van der Waals surface area (Å²) in [5, 5.41) is 10.4. The molecule has 0 atom stereocenters. The predicted octanol–water partition coefficient (Wildman–Crippen LogP) is 7.16. The van der Waals surface area contributed by atoms with Crippen molar-refractivity contribution in [3.05, 3.63) is 140 Å². The van der Waals surface area contributed by atoms with Crippen LogP contribution >= 0.6 is 0 Å². The molecule has 0 saturated heterocycles. The highest BCUT2D eigenvalue weighted by Crippen LogP contribution is 2.32. The number of nitrogens with one attached hydrogen (secondary N) is 2. The van der Waals surface area contributed by atoms with Crippen LogP contribution in [0.25, 0.3) is 21.5 Å². The Bertz CT molecular complexity index is 1820. The van der Waals surface area contributed by atoms with Crippen molar-refractivity contribution in [3.63, 3.8) is 0 Å². The summed E-state index contributed by atoms with van der Waals surface area (Å²) in [5.41, 5.74) is 4.40. The third-order valence-electron chi connectivity index (χ3n) is 6.94. The molecule has 0 fully saturated rings. The average molecular weight is 549 g/mol. The van der Waals surface area contributed by atoms with Gasteiger partial charge in [0, 0.05) is 35.3 Å². The van der Waals surface area contributed by atoms with Crippen LogP contribution in [-0.2, 0) is 0 Å². The van der Waals surface area contributed by atoms with E-state index in [4.69, 9.17) is 0 Å². The molecule has 42 heavy (non-hydrogen) atoms. The van der Waals surface area contributed by atoms with Gasteiger partial charge in [-0.2, -0.15) is 0 Å². The van der Waals surface area contributed by atoms with E-state index in [2.05, 4.69) is 72.4 Å². The Labute approximate surface area is 246 Å². The van der Waals surface area contributed by atoms with Crippen LogP contribution in [0, 0.1) is 23.7 Å². The molecule has 206 valence electrons. The fourth-order valence-electron chi connectivity index (χ4n) is 4.78. The number of benzene rings is 3. The van der Waals surface area contributed by atoms with Gasteiger partial charge in [-0.05, 0) is 82.9 Å². The van der Waals surface area contributed by atoms with Crippen molar-refractivity contribution in [2.75, 3.05) is 23.7 Å². The predicted molar refractivity (Wildman–Crippen MR) is 176 cm³/mol. The van der Waals surface area contributed by atoms with Gasteiger partial charge < -0.3 is 10.6 Å². The van der Waals surface area contributed by atoms with Crippen LogP contribution in [0.5, 0.6) is 0 Å². The molecule has 5 rings (SSSR count). The van der Waals surface area contributed by atoms with E-state index in [9.17, 15) is 9.59 Å². The monoisotopic (exact) mass is 548 g/mol. The molecule has 2 N–H and O–H groups in total. The van der Waals surface area contributed by atoms with Gasteiger partial charge in [0.15, 0.2) is 0 Å². The molecule has 0 amide bonds. The van der Waals surface area contributed by atoms with Crippen molar-refractivity contribution >= 4 is 32.9 Å². The molecule has 0 unspecified atom stereocenters. The zero-order valence-electron chi connectivity index (χ0n) is 23.9. The fourth-order valence-corrected chi connectivity index (χ4v) is 4.78. The number of anilines is 2. The maximum atomic E-state index is 12.5. The van der Waals surface area contributed by atoms with E-state index in [0.29, 0.717) is 11.4 Å². The highest BCUT2D eigenvalue weighted by Gasteiger charge is 2.11. The summed E-state index contributed by atoms with van der Waals surface area (Å²) in [6.45, 7) is 5.62. The molecule has 0 aliphatic carbocycles. The lowest BCUT2D eigenvalue weighted by molar-refractivity contribution is 0.978. The first-order chi connectivity index (χ1) is 20.6. The minimum atomic E-state index is -0.0535. The molecule has 0 aliphatic rings. The van der Waals surface area contributed by atoms with Gasteiger partial charge in [0.25, 0.3) is 0 Å². The fraction of sp³-hybridized carbons (Fsp3) is 0.158. The highest BCUT2D eigenvalue weighted by atomic mass is 16.1. The standard InChI is InChI=1S/C38H32N2O2/c1-3-25-39-35-21-15-27(17-23-37(35)41)13-19-33-29-9-5-7-11-31(29)34(32-12-8-6-10-30(32)33)20-14-28-16-22-36(40-26-4-2)38(42)24-18-28/h5-12,15-18,21-24H,3-4,25-26H2,1-2H3,(H,39,41)(H,40,42). The molecule has 0 heterocycles. The third-order valence-corrected chi connectivity index (χ3v) is 6.94. The van der Waals surface area contributed by atoms with E-state index in [-0.39, 0.29) is 10.9 Å². The SMILES string of the molecule is CCCNc1ccc(C#Cc2c3ccccc3c(C#Cc3ccc(NCCC)c(=O)cc3)c3ccccc23)ccc1=O. The first-order valence-electron chi connectivity index (χ1n) is 14.3. The van der Waals surface area contributed by atoms with Gasteiger partial charge in [-0.15, -0.1) is 0 Å². The Morgan fingerprint density at radius 1 is 0.476 bits per heavy atom. The number of rotatable bonds is 6. The second-order valence-corrected chi connectivity index (χ2v) is 9.99. The van der Waals surface area contributed by atoms with Crippen LogP contribution in [0.3, 0.4) is 0 Å². The van der Waals surface area contributed by atoms with Gasteiger partial charge in [-0.3, -0.25) is 9.59 Å². The van der Waals surface area contributed by atoms with Gasteiger partial charge in [0.05, 0.1) is 11.4 Å². The van der Waals surface area contributed by atoms with Crippen LogP contribution < -0.4 is 21.5 Å². The molecule has 0 aromatic heterocycles. The zero-order chi connectivity index (χ0) is 29.3. The zero-order valence-corrected chi connectivity index (χ0v) is 23.9. The summed E-state index contributed by atoms with van der Waals surface area (Å²) < 4.78 is 0. The van der Waals surface area contributed by atoms with Crippen molar-refractivity contribution in [1.82, 2.24) is 0 Å². The Kier molecular flexibility index (Phi) is 8.97. The maximum Gasteiger partial charge on any atom is 0.201 e. The molecule has 0 bridgehead atoms. The van der Waals surface area contributed by atoms with Crippen LogP contribution in [-0.4, -0.2) is 13.1 Å². The van der Waals surface area contributed by atoms with E-state index in [1.807, 2.05) is 36.4 Å². The van der Waals surface area contributed by atoms with Crippen LogP contribution in [0.4, 0.5) is 11.4 Å². The van der Waals surface area contributed by atoms with E-state index in [0.717, 1.165) is 69.7 Å². The summed E-state index contributed by atoms with van der Waals surface area (Å²) >= 11 is 0. The van der Waals surface area contributed by atoms with Gasteiger partial charge in [0.1, 0.15) is 0 Å². The summed E-state index contributed by atoms with van der Waals surface area (Å²) in [6.07, 6.45) is 1.88. The van der Waals surface area contributed by atoms with Crippen LogP contribution in [0.2, 0.25) is 0 Å². The largest absolute Gasteiger partial charge is 0.382 e. The van der Waals surface area contributed by atoms with Crippen LogP contribution in [0.15, 0.2) is 107 Å². The number of fused-ring (bicyclic) bond motifs is 2. The molecule has 5 aromatic carbocycles. The van der Waals surface area contributed by atoms with Crippen molar-refractivity contribution in [1.29, 1.82) is 0 Å². The van der Waals surface area contributed by atoms with Crippen molar-refractivity contribution in [2.45, 2.75) is 26.7 Å². The van der Waals surface area contributed by atoms with Crippen molar-refractivity contribution in [2.24, 2.45) is 0 Å². The summed E-state index contributed by atoms with van der Waals surface area (Å²) in [4.78, 5) is 24.9. The quantitative estimate of drug-likeness (QED) is 0.175. The van der Waals surface area contributed by atoms with E-state index >= 15 is 0 Å². The summed E-state index contributed by atoms with van der Waals surface area (Å²) in [7, 11) is 0. The minimum Gasteiger partial charge on any atom is -0.382 e. The lowest BCUT2D eigenvalue weighted by atomic mass is 9.92. The Hall–Kier alpha value is -5.32. The molecular weight excluding hydrogens is 516 g/mol. The van der Waals surface area contributed by atoms with Crippen molar-refractivity contribution < 1.29 is 0 Å². The Morgan fingerprint density at radius 3 is 1.19 bits per heavy atom. The first-order valence-corrected chi connectivity index (χ1v) is 14.3. The smallest absolute Gasteiger partial charge is 0.201 e. The van der Waals surface area contributed by atoms with Crippen molar-refractivity contribution in [3.8, 4) is 23.7 Å². The first kappa shape index (κ1) is 28.2.